The number of halogens is 3. The first-order chi connectivity index (χ1) is 12.0. The van der Waals surface area contributed by atoms with Gasteiger partial charge < -0.3 is 9.84 Å². The molecule has 0 aromatic heterocycles. The Labute approximate surface area is 150 Å². The van der Waals surface area contributed by atoms with Gasteiger partial charge in [0.2, 0.25) is 0 Å². The zero-order valence-electron chi connectivity index (χ0n) is 14.2. The number of hydrogen-bond acceptors (Lipinski definition) is 4. The van der Waals surface area contributed by atoms with Crippen LogP contribution in [0.2, 0.25) is 0 Å². The Morgan fingerprint density at radius 2 is 1.46 bits per heavy atom. The summed E-state index contributed by atoms with van der Waals surface area (Å²) in [6.07, 6.45) is -4.51. The van der Waals surface area contributed by atoms with Crippen molar-refractivity contribution in [3.05, 3.63) is 65.2 Å². The summed E-state index contributed by atoms with van der Waals surface area (Å²) in [5, 5.41) is 9.80. The van der Waals surface area contributed by atoms with Crippen molar-refractivity contribution in [2.45, 2.75) is 23.6 Å². The van der Waals surface area contributed by atoms with Gasteiger partial charge >= 0.3 is 6.18 Å². The number of methoxy groups -OCH3 is 1. The van der Waals surface area contributed by atoms with E-state index in [9.17, 15) is 26.7 Å². The summed E-state index contributed by atoms with van der Waals surface area (Å²) in [5.41, 5.74) is -1.52. The fraction of sp³-hybridized carbons (Fsp3) is 0.333. The molecule has 0 aliphatic carbocycles. The van der Waals surface area contributed by atoms with Crippen LogP contribution in [0.25, 0.3) is 0 Å². The van der Waals surface area contributed by atoms with Gasteiger partial charge in [-0.3, -0.25) is 0 Å². The van der Waals surface area contributed by atoms with E-state index < -0.39 is 39.5 Å². The lowest BCUT2D eigenvalue weighted by molar-refractivity contribution is -0.137. The molecule has 142 valence electrons. The van der Waals surface area contributed by atoms with Gasteiger partial charge in [-0.15, -0.1) is 0 Å². The van der Waals surface area contributed by atoms with E-state index in [0.717, 1.165) is 29.8 Å². The van der Waals surface area contributed by atoms with Crippen molar-refractivity contribution in [1.82, 2.24) is 0 Å². The van der Waals surface area contributed by atoms with E-state index in [4.69, 9.17) is 4.74 Å². The van der Waals surface area contributed by atoms with Crippen molar-refractivity contribution >= 4 is 9.84 Å². The quantitative estimate of drug-likeness (QED) is 0.825. The molecular formula is C18H19F3O4S. The van der Waals surface area contributed by atoms with E-state index in [-0.39, 0.29) is 10.5 Å². The Bertz CT molecular complexity index is 838. The van der Waals surface area contributed by atoms with E-state index in [2.05, 4.69) is 0 Å². The van der Waals surface area contributed by atoms with Gasteiger partial charge in [-0.05, 0) is 36.8 Å². The molecule has 2 aromatic carbocycles. The molecule has 2 aromatic rings. The van der Waals surface area contributed by atoms with Gasteiger partial charge in [-0.2, -0.15) is 13.2 Å². The molecule has 0 heterocycles. The highest BCUT2D eigenvalue weighted by molar-refractivity contribution is 7.91. The first-order valence-electron chi connectivity index (χ1n) is 7.67. The molecule has 0 aliphatic rings. The number of aliphatic hydroxyl groups excluding tert-OH is 1. The zero-order valence-corrected chi connectivity index (χ0v) is 15.1. The number of aliphatic hydroxyl groups is 1. The number of benzene rings is 2. The minimum absolute atomic E-state index is 0.0462. The molecule has 1 atom stereocenters. The molecule has 26 heavy (non-hydrogen) atoms. The molecular weight excluding hydrogens is 369 g/mol. The molecule has 0 saturated carbocycles. The Balaban J connectivity index is 2.42. The Hall–Kier alpha value is -1.90. The predicted octanol–water partition coefficient (Wildman–Crippen LogP) is 3.32. The Morgan fingerprint density at radius 3 is 1.88 bits per heavy atom. The van der Waals surface area contributed by atoms with Gasteiger partial charge in [0, 0.05) is 7.11 Å². The molecule has 0 bridgehead atoms. The van der Waals surface area contributed by atoms with Crippen LogP contribution in [0.3, 0.4) is 0 Å². The van der Waals surface area contributed by atoms with Crippen LogP contribution < -0.4 is 0 Å². The third-order valence-corrected chi connectivity index (χ3v) is 6.02. The number of alkyl halides is 3. The van der Waals surface area contributed by atoms with Gasteiger partial charge in [-0.1, -0.05) is 29.8 Å². The fourth-order valence-electron chi connectivity index (χ4n) is 2.56. The smallest absolute Gasteiger partial charge is 0.393 e. The number of rotatable bonds is 6. The van der Waals surface area contributed by atoms with E-state index >= 15 is 0 Å². The van der Waals surface area contributed by atoms with E-state index in [1.54, 1.807) is 12.1 Å². The third-order valence-electron chi connectivity index (χ3n) is 4.19. The number of aryl methyl sites for hydroxylation is 1. The highest BCUT2D eigenvalue weighted by Crippen LogP contribution is 2.33. The number of hydrogen-bond donors (Lipinski definition) is 1. The molecule has 0 aliphatic heterocycles. The van der Waals surface area contributed by atoms with Gasteiger partial charge in [0.1, 0.15) is 5.60 Å². The van der Waals surface area contributed by atoms with Crippen molar-refractivity contribution in [2.75, 3.05) is 19.5 Å². The van der Waals surface area contributed by atoms with Crippen LogP contribution in [-0.4, -0.2) is 33.0 Å². The maximum absolute atomic E-state index is 12.7. The summed E-state index contributed by atoms with van der Waals surface area (Å²) >= 11 is 0. The first-order valence-corrected chi connectivity index (χ1v) is 9.32. The minimum atomic E-state index is -4.51. The number of sulfone groups is 1. The summed E-state index contributed by atoms with van der Waals surface area (Å²) < 4.78 is 68.9. The molecule has 4 nitrogen and oxygen atoms in total. The molecule has 8 heteroatoms. The van der Waals surface area contributed by atoms with Crippen molar-refractivity contribution < 1.29 is 31.4 Å². The van der Waals surface area contributed by atoms with Crippen LogP contribution >= 0.6 is 0 Å². The second-order valence-corrected chi connectivity index (χ2v) is 7.99. The van der Waals surface area contributed by atoms with Crippen molar-refractivity contribution in [3.8, 4) is 0 Å². The van der Waals surface area contributed by atoms with Gasteiger partial charge in [-0.25, -0.2) is 8.42 Å². The summed E-state index contributed by atoms with van der Waals surface area (Å²) in [4.78, 5) is 0.0462. The third kappa shape index (κ3) is 4.25. The van der Waals surface area contributed by atoms with Crippen LogP contribution in [-0.2, 0) is 26.4 Å². The first kappa shape index (κ1) is 20.4. The molecule has 1 N–H and O–H groups in total. The second-order valence-electron chi connectivity index (χ2n) is 6.00. The lowest BCUT2D eigenvalue weighted by Gasteiger charge is -2.31. The standard InChI is InChI=1S/C18H19F3O4S/c1-13-3-9-16(10-4-13)26(23,24)12-17(11-22,25-2)14-5-7-15(8-6-14)18(19,20)21/h3-10,22H,11-12H2,1-2H3. The lowest BCUT2D eigenvalue weighted by Crippen LogP contribution is -2.40. The summed E-state index contributed by atoms with van der Waals surface area (Å²) in [6.45, 7) is 1.10. The van der Waals surface area contributed by atoms with Crippen molar-refractivity contribution in [1.29, 1.82) is 0 Å². The summed E-state index contributed by atoms with van der Waals surface area (Å²) in [6, 6.07) is 10.1. The number of ether oxygens (including phenoxy) is 1. The average molecular weight is 388 g/mol. The van der Waals surface area contributed by atoms with Gasteiger partial charge in [0.25, 0.3) is 0 Å². The normalized spacial score (nSPS) is 14.8. The molecule has 0 saturated heterocycles. The van der Waals surface area contributed by atoms with Crippen LogP contribution in [0.1, 0.15) is 16.7 Å². The van der Waals surface area contributed by atoms with Crippen molar-refractivity contribution in [3.63, 3.8) is 0 Å². The van der Waals surface area contributed by atoms with Crippen LogP contribution in [0.4, 0.5) is 13.2 Å². The molecule has 1 unspecified atom stereocenters. The topological polar surface area (TPSA) is 63.6 Å². The Morgan fingerprint density at radius 1 is 0.962 bits per heavy atom. The molecule has 0 radical (unpaired) electrons. The lowest BCUT2D eigenvalue weighted by atomic mass is 9.95. The second kappa shape index (κ2) is 7.38. The highest BCUT2D eigenvalue weighted by atomic mass is 32.2. The van der Waals surface area contributed by atoms with E-state index in [1.807, 2.05) is 6.92 Å². The van der Waals surface area contributed by atoms with E-state index in [0.29, 0.717) is 0 Å². The molecule has 0 spiro atoms. The van der Waals surface area contributed by atoms with Crippen LogP contribution in [0.5, 0.6) is 0 Å². The fourth-order valence-corrected chi connectivity index (χ4v) is 4.27. The molecule has 2 rings (SSSR count). The SMILES string of the molecule is COC(CO)(CS(=O)(=O)c1ccc(C)cc1)c1ccc(C(F)(F)F)cc1. The summed E-state index contributed by atoms with van der Waals surface area (Å²) in [5.74, 6) is -0.610. The van der Waals surface area contributed by atoms with Gasteiger partial charge in [0.05, 0.1) is 22.8 Å². The maximum Gasteiger partial charge on any atom is 0.416 e. The highest BCUT2D eigenvalue weighted by Gasteiger charge is 2.39. The largest absolute Gasteiger partial charge is 0.416 e. The minimum Gasteiger partial charge on any atom is -0.393 e. The maximum atomic E-state index is 12.7. The van der Waals surface area contributed by atoms with Crippen LogP contribution in [0, 0.1) is 6.92 Å². The zero-order chi connectivity index (χ0) is 19.6. The summed E-state index contributed by atoms with van der Waals surface area (Å²) in [7, 11) is -2.65. The monoisotopic (exact) mass is 388 g/mol. The Kier molecular flexibility index (Phi) is 5.79. The van der Waals surface area contributed by atoms with Gasteiger partial charge in [0.15, 0.2) is 9.84 Å². The van der Waals surface area contributed by atoms with Crippen LogP contribution in [0.15, 0.2) is 53.4 Å². The average Bonchev–Trinajstić information content (AvgIpc) is 2.59. The van der Waals surface area contributed by atoms with Crippen molar-refractivity contribution in [2.24, 2.45) is 0 Å². The van der Waals surface area contributed by atoms with E-state index in [1.165, 1.54) is 19.2 Å². The molecule has 0 fully saturated rings. The molecule has 0 amide bonds. The predicted molar refractivity (Wildman–Crippen MR) is 90.4 cm³/mol.